The molecule has 3 nitrogen and oxygen atoms in total. The maximum Gasteiger partial charge on any atom is 0.143 e. The van der Waals surface area contributed by atoms with Crippen molar-refractivity contribution in [1.82, 2.24) is 15.5 Å². The van der Waals surface area contributed by atoms with Gasteiger partial charge >= 0.3 is 0 Å². The van der Waals surface area contributed by atoms with Gasteiger partial charge in [0.2, 0.25) is 0 Å². The standard InChI is InChI=1S/C9H22FN3/c1-9(2)13(8-10)7-6-12-5-4-11-3/h9,11-12H,4-8H2,1-3H3. The summed E-state index contributed by atoms with van der Waals surface area (Å²) in [6, 6.07) is 0.288. The van der Waals surface area contributed by atoms with Gasteiger partial charge in [-0.15, -0.1) is 0 Å². The first kappa shape index (κ1) is 12.8. The number of nitrogens with one attached hydrogen (secondary N) is 2. The molecule has 80 valence electrons. The molecule has 0 rings (SSSR count). The van der Waals surface area contributed by atoms with Crippen molar-refractivity contribution < 1.29 is 4.39 Å². The minimum absolute atomic E-state index is 0.288. The molecular weight excluding hydrogens is 169 g/mol. The van der Waals surface area contributed by atoms with Gasteiger partial charge in [0.1, 0.15) is 6.80 Å². The van der Waals surface area contributed by atoms with Crippen molar-refractivity contribution in [3.8, 4) is 0 Å². The van der Waals surface area contributed by atoms with Crippen LogP contribution < -0.4 is 10.6 Å². The fraction of sp³-hybridized carbons (Fsp3) is 1.00. The predicted molar refractivity (Wildman–Crippen MR) is 54.6 cm³/mol. The summed E-state index contributed by atoms with van der Waals surface area (Å²) in [5, 5.41) is 6.28. The molecule has 0 amide bonds. The molecule has 0 aromatic rings. The zero-order chi connectivity index (χ0) is 10.1. The Balaban J connectivity index is 3.28. The zero-order valence-corrected chi connectivity index (χ0v) is 8.94. The summed E-state index contributed by atoms with van der Waals surface area (Å²) in [7, 11) is 1.92. The molecule has 0 heterocycles. The third-order valence-electron chi connectivity index (χ3n) is 2.01. The molecule has 0 bridgehead atoms. The molecule has 0 spiro atoms. The SMILES string of the molecule is CNCCNCCN(CF)C(C)C. The largest absolute Gasteiger partial charge is 0.318 e. The van der Waals surface area contributed by atoms with Crippen molar-refractivity contribution in [3.05, 3.63) is 0 Å². The molecule has 0 atom stereocenters. The number of likely N-dealkylation sites (N-methyl/N-ethyl adjacent to an activating group) is 1. The summed E-state index contributed by atoms with van der Waals surface area (Å²) in [6.45, 7) is 7.18. The Bertz CT molecular complexity index is 109. The van der Waals surface area contributed by atoms with E-state index in [1.54, 1.807) is 4.90 Å². The Morgan fingerprint density at radius 1 is 1.23 bits per heavy atom. The number of hydrogen-bond acceptors (Lipinski definition) is 3. The van der Waals surface area contributed by atoms with Gasteiger partial charge in [-0.1, -0.05) is 0 Å². The topological polar surface area (TPSA) is 27.3 Å². The quantitative estimate of drug-likeness (QED) is 0.430. The third kappa shape index (κ3) is 6.93. The van der Waals surface area contributed by atoms with E-state index < -0.39 is 0 Å². The molecule has 0 saturated heterocycles. The third-order valence-corrected chi connectivity index (χ3v) is 2.01. The van der Waals surface area contributed by atoms with E-state index in [0.717, 1.165) is 26.2 Å². The normalized spacial score (nSPS) is 11.5. The first-order chi connectivity index (χ1) is 6.22. The molecule has 0 aliphatic heterocycles. The van der Waals surface area contributed by atoms with Gasteiger partial charge in [-0.25, -0.2) is 4.39 Å². The first-order valence-corrected chi connectivity index (χ1v) is 4.87. The summed E-state index contributed by atoms with van der Waals surface area (Å²) in [5.41, 5.74) is 0. The van der Waals surface area contributed by atoms with Gasteiger partial charge < -0.3 is 10.6 Å². The summed E-state index contributed by atoms with van der Waals surface area (Å²) in [4.78, 5) is 1.80. The highest BCUT2D eigenvalue weighted by Gasteiger charge is 2.06. The van der Waals surface area contributed by atoms with E-state index in [-0.39, 0.29) is 12.8 Å². The molecule has 13 heavy (non-hydrogen) atoms. The molecule has 0 aromatic carbocycles. The van der Waals surface area contributed by atoms with Crippen LogP contribution in [0.4, 0.5) is 4.39 Å². The lowest BCUT2D eigenvalue weighted by Gasteiger charge is -2.22. The van der Waals surface area contributed by atoms with Gasteiger partial charge in [0.25, 0.3) is 0 Å². The molecule has 4 heteroatoms. The van der Waals surface area contributed by atoms with E-state index >= 15 is 0 Å². The van der Waals surface area contributed by atoms with Gasteiger partial charge in [-0.3, -0.25) is 4.90 Å². The minimum Gasteiger partial charge on any atom is -0.318 e. The molecule has 0 aliphatic rings. The van der Waals surface area contributed by atoms with Crippen molar-refractivity contribution in [3.63, 3.8) is 0 Å². The van der Waals surface area contributed by atoms with Crippen molar-refractivity contribution in [2.24, 2.45) is 0 Å². The maximum absolute atomic E-state index is 12.4. The van der Waals surface area contributed by atoms with Crippen LogP contribution in [0, 0.1) is 0 Å². The van der Waals surface area contributed by atoms with Gasteiger partial charge in [-0.05, 0) is 20.9 Å². The predicted octanol–water partition coefficient (Wildman–Crippen LogP) is 0.433. The van der Waals surface area contributed by atoms with Crippen molar-refractivity contribution in [2.45, 2.75) is 19.9 Å². The Hall–Kier alpha value is -0.190. The van der Waals surface area contributed by atoms with Crippen molar-refractivity contribution in [1.29, 1.82) is 0 Å². The van der Waals surface area contributed by atoms with Crippen LogP contribution in [0.3, 0.4) is 0 Å². The summed E-state index contributed by atoms with van der Waals surface area (Å²) >= 11 is 0. The summed E-state index contributed by atoms with van der Waals surface area (Å²) < 4.78 is 12.4. The van der Waals surface area contributed by atoms with E-state index in [4.69, 9.17) is 0 Å². The molecule has 0 fully saturated rings. The highest BCUT2D eigenvalue weighted by atomic mass is 19.1. The van der Waals surface area contributed by atoms with Gasteiger partial charge in [-0.2, -0.15) is 0 Å². The second-order valence-electron chi connectivity index (χ2n) is 3.38. The Labute approximate surface area is 80.7 Å². The second-order valence-corrected chi connectivity index (χ2v) is 3.38. The number of nitrogens with zero attached hydrogens (tertiary/aromatic N) is 1. The molecule has 2 N–H and O–H groups in total. The summed E-state index contributed by atoms with van der Waals surface area (Å²) in [5.74, 6) is 0. The fourth-order valence-electron chi connectivity index (χ4n) is 1.02. The monoisotopic (exact) mass is 191 g/mol. The van der Waals surface area contributed by atoms with E-state index in [2.05, 4.69) is 10.6 Å². The van der Waals surface area contributed by atoms with Crippen LogP contribution in [0.2, 0.25) is 0 Å². The van der Waals surface area contributed by atoms with E-state index in [1.165, 1.54) is 0 Å². The van der Waals surface area contributed by atoms with Crippen LogP contribution in [-0.2, 0) is 0 Å². The molecular formula is C9H22FN3. The Morgan fingerprint density at radius 2 is 1.92 bits per heavy atom. The lowest BCUT2D eigenvalue weighted by molar-refractivity contribution is 0.148. The van der Waals surface area contributed by atoms with E-state index in [1.807, 2.05) is 20.9 Å². The molecule has 0 aromatic heterocycles. The van der Waals surface area contributed by atoms with Crippen LogP contribution >= 0.6 is 0 Å². The fourth-order valence-corrected chi connectivity index (χ4v) is 1.02. The summed E-state index contributed by atoms with van der Waals surface area (Å²) in [6.07, 6.45) is 0. The second kappa shape index (κ2) is 8.41. The molecule has 0 aliphatic carbocycles. The van der Waals surface area contributed by atoms with Crippen LogP contribution in [0.15, 0.2) is 0 Å². The van der Waals surface area contributed by atoms with Crippen LogP contribution in [0.25, 0.3) is 0 Å². The zero-order valence-electron chi connectivity index (χ0n) is 8.94. The van der Waals surface area contributed by atoms with E-state index in [0.29, 0.717) is 0 Å². The number of rotatable bonds is 8. The lowest BCUT2D eigenvalue weighted by atomic mass is 10.3. The molecule has 0 saturated carbocycles. The molecule has 0 radical (unpaired) electrons. The number of hydrogen-bond donors (Lipinski definition) is 2. The highest BCUT2D eigenvalue weighted by molar-refractivity contribution is 4.60. The average Bonchev–Trinajstić information content (AvgIpc) is 2.10. The van der Waals surface area contributed by atoms with Gasteiger partial charge in [0.15, 0.2) is 0 Å². The van der Waals surface area contributed by atoms with Crippen LogP contribution in [0.5, 0.6) is 0 Å². The van der Waals surface area contributed by atoms with Crippen molar-refractivity contribution >= 4 is 0 Å². The number of halogens is 1. The first-order valence-electron chi connectivity index (χ1n) is 4.87. The Kier molecular flexibility index (Phi) is 8.29. The van der Waals surface area contributed by atoms with Crippen molar-refractivity contribution in [2.75, 3.05) is 40.0 Å². The maximum atomic E-state index is 12.4. The molecule has 0 unspecified atom stereocenters. The average molecular weight is 191 g/mol. The smallest absolute Gasteiger partial charge is 0.143 e. The number of alkyl halides is 1. The van der Waals surface area contributed by atoms with Crippen LogP contribution in [-0.4, -0.2) is 51.0 Å². The Morgan fingerprint density at radius 3 is 2.38 bits per heavy atom. The lowest BCUT2D eigenvalue weighted by Crippen LogP contribution is -2.37. The van der Waals surface area contributed by atoms with Gasteiger partial charge in [0, 0.05) is 32.2 Å². The highest BCUT2D eigenvalue weighted by Crippen LogP contribution is 1.95. The van der Waals surface area contributed by atoms with E-state index in [9.17, 15) is 4.39 Å². The minimum atomic E-state index is -0.356. The van der Waals surface area contributed by atoms with Gasteiger partial charge in [0.05, 0.1) is 0 Å². The van der Waals surface area contributed by atoms with Crippen LogP contribution in [0.1, 0.15) is 13.8 Å².